The summed E-state index contributed by atoms with van der Waals surface area (Å²) < 4.78 is 7.62. The number of hydrogen-bond acceptors (Lipinski definition) is 2. The number of halogens is 3. The van der Waals surface area contributed by atoms with Gasteiger partial charge in [0.1, 0.15) is 11.5 Å². The van der Waals surface area contributed by atoms with Crippen molar-refractivity contribution in [3.05, 3.63) is 42.4 Å². The molecule has 0 aromatic carbocycles. The van der Waals surface area contributed by atoms with E-state index in [0.717, 1.165) is 30.2 Å². The standard InChI is InChI=1S/C11H9Br2ClOS/c1-5-3-7(6(2)15-5)10(14)8-4-9(12)16-11(8)13/h3-4,10H,1-2H3. The molecule has 2 heterocycles. The van der Waals surface area contributed by atoms with Crippen LogP contribution in [0.15, 0.2) is 24.1 Å². The molecule has 0 saturated heterocycles. The molecule has 0 radical (unpaired) electrons. The van der Waals surface area contributed by atoms with Gasteiger partial charge in [-0.05, 0) is 57.8 Å². The second-order valence-electron chi connectivity index (χ2n) is 3.51. The van der Waals surface area contributed by atoms with Gasteiger partial charge in [0.05, 0.1) is 12.9 Å². The van der Waals surface area contributed by atoms with Crippen molar-refractivity contribution < 1.29 is 4.42 Å². The first-order valence-corrected chi connectivity index (χ1v) is 7.48. The number of alkyl halides is 1. The maximum atomic E-state index is 6.46. The fraction of sp³-hybridized carbons (Fsp3) is 0.273. The first kappa shape index (κ1) is 12.7. The molecule has 1 nitrogen and oxygen atoms in total. The normalized spacial score (nSPS) is 13.1. The Morgan fingerprint density at radius 1 is 1.25 bits per heavy atom. The molecule has 0 bridgehead atoms. The summed E-state index contributed by atoms with van der Waals surface area (Å²) in [4.78, 5) is 0. The first-order chi connectivity index (χ1) is 7.49. The topological polar surface area (TPSA) is 13.1 Å². The van der Waals surface area contributed by atoms with E-state index in [1.807, 2.05) is 26.0 Å². The monoisotopic (exact) mass is 382 g/mol. The lowest BCUT2D eigenvalue weighted by molar-refractivity contribution is 0.501. The molecule has 2 rings (SSSR count). The second-order valence-corrected chi connectivity index (χ2v) is 7.70. The average molecular weight is 385 g/mol. The third-order valence-corrected chi connectivity index (χ3v) is 5.16. The van der Waals surface area contributed by atoms with E-state index < -0.39 is 0 Å². The minimum Gasteiger partial charge on any atom is -0.466 e. The van der Waals surface area contributed by atoms with E-state index in [1.165, 1.54) is 0 Å². The van der Waals surface area contributed by atoms with Crippen molar-refractivity contribution in [3.63, 3.8) is 0 Å². The van der Waals surface area contributed by atoms with Crippen LogP contribution in [0.25, 0.3) is 0 Å². The zero-order valence-corrected chi connectivity index (χ0v) is 13.4. The van der Waals surface area contributed by atoms with Crippen molar-refractivity contribution >= 4 is 54.8 Å². The van der Waals surface area contributed by atoms with Crippen LogP contribution in [0.3, 0.4) is 0 Å². The number of aryl methyl sites for hydroxylation is 2. The van der Waals surface area contributed by atoms with Crippen LogP contribution in [0.1, 0.15) is 28.0 Å². The fourth-order valence-electron chi connectivity index (χ4n) is 1.60. The summed E-state index contributed by atoms with van der Waals surface area (Å²) in [5, 5.41) is -0.172. The molecule has 1 unspecified atom stereocenters. The first-order valence-electron chi connectivity index (χ1n) is 4.64. The van der Waals surface area contributed by atoms with Crippen LogP contribution >= 0.6 is 54.8 Å². The molecule has 0 aliphatic rings. The Bertz CT molecular complexity index is 472. The lowest BCUT2D eigenvalue weighted by Crippen LogP contribution is -1.91. The van der Waals surface area contributed by atoms with Crippen molar-refractivity contribution in [1.29, 1.82) is 0 Å². The minimum atomic E-state index is -0.172. The molecule has 0 fully saturated rings. The Balaban J connectivity index is 2.42. The van der Waals surface area contributed by atoms with Gasteiger partial charge in [-0.2, -0.15) is 0 Å². The predicted molar refractivity (Wildman–Crippen MR) is 75.6 cm³/mol. The average Bonchev–Trinajstić information content (AvgIpc) is 2.68. The van der Waals surface area contributed by atoms with E-state index >= 15 is 0 Å². The summed E-state index contributed by atoms with van der Waals surface area (Å²) in [6, 6.07) is 4.03. The van der Waals surface area contributed by atoms with Crippen LogP contribution in [0, 0.1) is 13.8 Å². The van der Waals surface area contributed by atoms with Gasteiger partial charge < -0.3 is 4.42 Å². The molecule has 86 valence electrons. The Kier molecular flexibility index (Phi) is 3.84. The lowest BCUT2D eigenvalue weighted by Gasteiger charge is -2.06. The molecular weight excluding hydrogens is 375 g/mol. The SMILES string of the molecule is Cc1cc(C(Cl)c2cc(Br)sc2Br)c(C)o1. The lowest BCUT2D eigenvalue weighted by atomic mass is 10.1. The van der Waals surface area contributed by atoms with E-state index in [1.54, 1.807) is 11.3 Å². The highest BCUT2D eigenvalue weighted by Gasteiger charge is 2.20. The maximum Gasteiger partial charge on any atom is 0.106 e. The van der Waals surface area contributed by atoms with Crippen LogP contribution in [-0.4, -0.2) is 0 Å². The summed E-state index contributed by atoms with van der Waals surface area (Å²) in [6.45, 7) is 3.87. The van der Waals surface area contributed by atoms with Gasteiger partial charge in [0, 0.05) is 11.1 Å². The zero-order chi connectivity index (χ0) is 11.9. The van der Waals surface area contributed by atoms with Gasteiger partial charge in [0.25, 0.3) is 0 Å². The quantitative estimate of drug-likeness (QED) is 0.596. The van der Waals surface area contributed by atoms with Crippen molar-refractivity contribution in [2.45, 2.75) is 19.2 Å². The summed E-state index contributed by atoms with van der Waals surface area (Å²) in [5.74, 6) is 1.77. The highest BCUT2D eigenvalue weighted by molar-refractivity contribution is 9.12. The molecule has 0 spiro atoms. The Hall–Kier alpha value is 0.230. The predicted octanol–water partition coefficient (Wildman–Crippen LogP) is 5.81. The zero-order valence-electron chi connectivity index (χ0n) is 8.68. The third-order valence-electron chi connectivity index (χ3n) is 2.31. The van der Waals surface area contributed by atoms with Gasteiger partial charge in [0.2, 0.25) is 0 Å². The van der Waals surface area contributed by atoms with Crippen LogP contribution in [0.2, 0.25) is 0 Å². The minimum absolute atomic E-state index is 0.172. The van der Waals surface area contributed by atoms with Crippen molar-refractivity contribution in [2.75, 3.05) is 0 Å². The largest absolute Gasteiger partial charge is 0.466 e. The highest BCUT2D eigenvalue weighted by atomic mass is 79.9. The Labute approximate surface area is 120 Å². The summed E-state index contributed by atoms with van der Waals surface area (Å²) in [6.07, 6.45) is 0. The Morgan fingerprint density at radius 3 is 2.38 bits per heavy atom. The van der Waals surface area contributed by atoms with Crippen molar-refractivity contribution in [2.24, 2.45) is 0 Å². The van der Waals surface area contributed by atoms with E-state index in [2.05, 4.69) is 31.9 Å². The molecule has 2 aromatic heterocycles. The van der Waals surface area contributed by atoms with Crippen molar-refractivity contribution in [3.8, 4) is 0 Å². The fourth-order valence-corrected chi connectivity index (χ4v) is 5.08. The second kappa shape index (κ2) is 4.84. The molecule has 16 heavy (non-hydrogen) atoms. The molecule has 0 amide bonds. The molecule has 5 heteroatoms. The van der Waals surface area contributed by atoms with E-state index in [-0.39, 0.29) is 5.38 Å². The van der Waals surface area contributed by atoms with Crippen LogP contribution in [0.4, 0.5) is 0 Å². The third kappa shape index (κ3) is 2.40. The van der Waals surface area contributed by atoms with Gasteiger partial charge in [-0.25, -0.2) is 0 Å². The molecule has 0 saturated carbocycles. The van der Waals surface area contributed by atoms with Crippen molar-refractivity contribution in [1.82, 2.24) is 0 Å². The molecule has 2 aromatic rings. The highest BCUT2D eigenvalue weighted by Crippen LogP contribution is 2.42. The van der Waals surface area contributed by atoms with Gasteiger partial charge in [-0.1, -0.05) is 0 Å². The van der Waals surface area contributed by atoms with Gasteiger partial charge in [0.15, 0.2) is 0 Å². The number of thiophene rings is 1. The Morgan fingerprint density at radius 2 is 1.94 bits per heavy atom. The van der Waals surface area contributed by atoms with Crippen LogP contribution < -0.4 is 0 Å². The molecule has 0 aliphatic heterocycles. The van der Waals surface area contributed by atoms with E-state index in [0.29, 0.717) is 0 Å². The molecule has 0 aliphatic carbocycles. The van der Waals surface area contributed by atoms with Gasteiger partial charge in [-0.15, -0.1) is 22.9 Å². The van der Waals surface area contributed by atoms with Gasteiger partial charge >= 0.3 is 0 Å². The number of hydrogen-bond donors (Lipinski definition) is 0. The van der Waals surface area contributed by atoms with Gasteiger partial charge in [-0.3, -0.25) is 0 Å². The smallest absolute Gasteiger partial charge is 0.106 e. The molecule has 0 N–H and O–H groups in total. The number of furan rings is 1. The number of rotatable bonds is 2. The molecular formula is C11H9Br2ClOS. The van der Waals surface area contributed by atoms with Crippen LogP contribution in [0.5, 0.6) is 0 Å². The van der Waals surface area contributed by atoms with E-state index in [4.69, 9.17) is 16.0 Å². The summed E-state index contributed by atoms with van der Waals surface area (Å²) >= 11 is 15.1. The van der Waals surface area contributed by atoms with Crippen LogP contribution in [-0.2, 0) is 0 Å². The molecule has 1 atom stereocenters. The van der Waals surface area contributed by atoms with E-state index in [9.17, 15) is 0 Å². The summed E-state index contributed by atoms with van der Waals surface area (Å²) in [7, 11) is 0. The summed E-state index contributed by atoms with van der Waals surface area (Å²) in [5.41, 5.74) is 2.10. The maximum absolute atomic E-state index is 6.46.